The van der Waals surface area contributed by atoms with Crippen LogP contribution in [0.15, 0.2) is 24.3 Å². The molecule has 0 bridgehead atoms. The summed E-state index contributed by atoms with van der Waals surface area (Å²) >= 11 is 1.72. The molecule has 0 atom stereocenters. The van der Waals surface area contributed by atoms with Crippen molar-refractivity contribution < 1.29 is 4.39 Å². The second kappa shape index (κ2) is 5.38. The van der Waals surface area contributed by atoms with Crippen molar-refractivity contribution in [2.75, 3.05) is 0 Å². The summed E-state index contributed by atoms with van der Waals surface area (Å²) in [7, 11) is 0. The van der Waals surface area contributed by atoms with Gasteiger partial charge in [-0.2, -0.15) is 0 Å². The van der Waals surface area contributed by atoms with Crippen LogP contribution in [0.2, 0.25) is 0 Å². The van der Waals surface area contributed by atoms with Crippen LogP contribution in [-0.2, 0) is 13.1 Å². The number of thiazole rings is 1. The summed E-state index contributed by atoms with van der Waals surface area (Å²) in [6.45, 7) is 5.60. The minimum Gasteiger partial charge on any atom is -0.306 e. The van der Waals surface area contributed by atoms with Crippen molar-refractivity contribution in [2.45, 2.75) is 26.9 Å². The van der Waals surface area contributed by atoms with Gasteiger partial charge in [-0.3, -0.25) is 0 Å². The Hall–Kier alpha value is -1.26. The summed E-state index contributed by atoms with van der Waals surface area (Å²) in [4.78, 5) is 5.72. The highest BCUT2D eigenvalue weighted by atomic mass is 32.1. The molecule has 0 amide bonds. The molecule has 17 heavy (non-hydrogen) atoms. The van der Waals surface area contributed by atoms with Gasteiger partial charge >= 0.3 is 0 Å². The predicted octanol–water partition coefficient (Wildman–Crippen LogP) is 3.19. The molecule has 2 rings (SSSR count). The highest BCUT2D eigenvalue weighted by Gasteiger charge is 2.02. The van der Waals surface area contributed by atoms with Crippen LogP contribution in [0.25, 0.3) is 0 Å². The van der Waals surface area contributed by atoms with Crippen LogP contribution in [0.5, 0.6) is 0 Å². The standard InChI is InChI=1S/C13H15FN2S/c1-9-10(2)17-13(16-9)8-15-7-11-3-5-12(14)6-4-11/h3-6,15H,7-8H2,1-2H3. The number of aromatic nitrogens is 1. The van der Waals surface area contributed by atoms with Crippen LogP contribution >= 0.6 is 11.3 Å². The van der Waals surface area contributed by atoms with Crippen molar-refractivity contribution in [2.24, 2.45) is 0 Å². The molecular formula is C13H15FN2S. The van der Waals surface area contributed by atoms with Gasteiger partial charge < -0.3 is 5.32 Å². The Morgan fingerprint density at radius 3 is 2.47 bits per heavy atom. The third-order valence-electron chi connectivity index (χ3n) is 2.59. The lowest BCUT2D eigenvalue weighted by atomic mass is 10.2. The topological polar surface area (TPSA) is 24.9 Å². The number of rotatable bonds is 4. The van der Waals surface area contributed by atoms with Crippen molar-refractivity contribution in [1.29, 1.82) is 0 Å². The number of nitrogens with one attached hydrogen (secondary N) is 1. The summed E-state index contributed by atoms with van der Waals surface area (Å²) in [5.74, 6) is -0.195. The quantitative estimate of drug-likeness (QED) is 0.901. The fourth-order valence-electron chi connectivity index (χ4n) is 1.53. The second-order valence-electron chi connectivity index (χ2n) is 3.98. The molecule has 0 radical (unpaired) electrons. The average Bonchev–Trinajstić information content (AvgIpc) is 2.61. The van der Waals surface area contributed by atoms with E-state index in [1.165, 1.54) is 17.0 Å². The van der Waals surface area contributed by atoms with E-state index < -0.39 is 0 Å². The van der Waals surface area contributed by atoms with Crippen LogP contribution < -0.4 is 5.32 Å². The van der Waals surface area contributed by atoms with Gasteiger partial charge in [0.25, 0.3) is 0 Å². The summed E-state index contributed by atoms with van der Waals surface area (Å²) in [6, 6.07) is 6.55. The Balaban J connectivity index is 1.85. The summed E-state index contributed by atoms with van der Waals surface area (Å²) in [6.07, 6.45) is 0. The van der Waals surface area contributed by atoms with Gasteiger partial charge in [0.15, 0.2) is 0 Å². The first-order valence-electron chi connectivity index (χ1n) is 5.53. The molecule has 0 fully saturated rings. The molecule has 0 saturated heterocycles. The van der Waals surface area contributed by atoms with Gasteiger partial charge in [0, 0.05) is 18.0 Å². The van der Waals surface area contributed by atoms with Crippen LogP contribution in [0, 0.1) is 19.7 Å². The third kappa shape index (κ3) is 3.35. The Morgan fingerprint density at radius 1 is 1.18 bits per heavy atom. The molecule has 4 heteroatoms. The van der Waals surface area contributed by atoms with E-state index in [1.807, 2.05) is 6.92 Å². The third-order valence-corrected chi connectivity index (χ3v) is 3.66. The maximum atomic E-state index is 12.7. The lowest BCUT2D eigenvalue weighted by Crippen LogP contribution is -2.12. The number of hydrogen-bond acceptors (Lipinski definition) is 3. The van der Waals surface area contributed by atoms with E-state index >= 15 is 0 Å². The average molecular weight is 250 g/mol. The fraction of sp³-hybridized carbons (Fsp3) is 0.308. The zero-order chi connectivity index (χ0) is 12.3. The lowest BCUT2D eigenvalue weighted by Gasteiger charge is -2.02. The SMILES string of the molecule is Cc1nc(CNCc2ccc(F)cc2)sc1C. The monoisotopic (exact) mass is 250 g/mol. The number of aryl methyl sites for hydroxylation is 2. The van der Waals surface area contributed by atoms with Gasteiger partial charge in [0.1, 0.15) is 10.8 Å². The zero-order valence-corrected chi connectivity index (χ0v) is 10.8. The number of halogens is 1. The molecule has 1 heterocycles. The van der Waals surface area contributed by atoms with E-state index in [9.17, 15) is 4.39 Å². The maximum Gasteiger partial charge on any atom is 0.123 e. The van der Waals surface area contributed by atoms with Gasteiger partial charge in [0.2, 0.25) is 0 Å². The minimum atomic E-state index is -0.195. The minimum absolute atomic E-state index is 0.195. The first-order valence-corrected chi connectivity index (χ1v) is 6.35. The summed E-state index contributed by atoms with van der Waals surface area (Å²) in [5, 5.41) is 4.40. The second-order valence-corrected chi connectivity index (χ2v) is 5.27. The summed E-state index contributed by atoms with van der Waals surface area (Å²) in [5.41, 5.74) is 2.19. The van der Waals surface area contributed by atoms with Crippen LogP contribution in [0.4, 0.5) is 4.39 Å². The molecule has 1 aromatic heterocycles. The van der Waals surface area contributed by atoms with Gasteiger partial charge in [-0.1, -0.05) is 12.1 Å². The van der Waals surface area contributed by atoms with E-state index in [0.717, 1.165) is 29.4 Å². The highest BCUT2D eigenvalue weighted by molar-refractivity contribution is 7.11. The van der Waals surface area contributed by atoms with E-state index in [-0.39, 0.29) is 5.82 Å². The lowest BCUT2D eigenvalue weighted by molar-refractivity contribution is 0.624. The van der Waals surface area contributed by atoms with Crippen LogP contribution in [-0.4, -0.2) is 4.98 Å². The predicted molar refractivity (Wildman–Crippen MR) is 68.5 cm³/mol. The molecule has 0 spiro atoms. The largest absolute Gasteiger partial charge is 0.306 e. The smallest absolute Gasteiger partial charge is 0.123 e. The number of benzene rings is 1. The Labute approximate surface area is 105 Å². The maximum absolute atomic E-state index is 12.7. The highest BCUT2D eigenvalue weighted by Crippen LogP contribution is 2.16. The summed E-state index contributed by atoms with van der Waals surface area (Å²) < 4.78 is 12.7. The van der Waals surface area contributed by atoms with E-state index in [0.29, 0.717) is 0 Å². The van der Waals surface area contributed by atoms with Gasteiger partial charge in [-0.05, 0) is 31.5 Å². The van der Waals surface area contributed by atoms with Gasteiger partial charge in [-0.15, -0.1) is 11.3 Å². The first-order chi connectivity index (χ1) is 8.15. The molecular weight excluding hydrogens is 235 g/mol. The van der Waals surface area contributed by atoms with E-state index in [1.54, 1.807) is 23.5 Å². The van der Waals surface area contributed by atoms with Crippen molar-refractivity contribution in [3.63, 3.8) is 0 Å². The first kappa shape index (κ1) is 12.2. The molecule has 0 aliphatic heterocycles. The fourth-order valence-corrected chi connectivity index (χ4v) is 2.43. The molecule has 0 aliphatic rings. The molecule has 1 N–H and O–H groups in total. The van der Waals surface area contributed by atoms with Crippen LogP contribution in [0.1, 0.15) is 21.1 Å². The van der Waals surface area contributed by atoms with E-state index in [2.05, 4.69) is 17.2 Å². The molecule has 1 aromatic carbocycles. The Kier molecular flexibility index (Phi) is 3.86. The van der Waals surface area contributed by atoms with Gasteiger partial charge in [0.05, 0.1) is 5.69 Å². The normalized spacial score (nSPS) is 10.8. The van der Waals surface area contributed by atoms with E-state index in [4.69, 9.17) is 0 Å². The Morgan fingerprint density at radius 2 is 1.88 bits per heavy atom. The molecule has 2 aromatic rings. The number of hydrogen-bond donors (Lipinski definition) is 1. The number of nitrogens with zero attached hydrogens (tertiary/aromatic N) is 1. The van der Waals surface area contributed by atoms with Gasteiger partial charge in [-0.25, -0.2) is 9.37 Å². The zero-order valence-electron chi connectivity index (χ0n) is 9.96. The van der Waals surface area contributed by atoms with Crippen molar-refractivity contribution in [3.8, 4) is 0 Å². The molecule has 0 saturated carbocycles. The van der Waals surface area contributed by atoms with Crippen molar-refractivity contribution in [1.82, 2.24) is 10.3 Å². The van der Waals surface area contributed by atoms with Crippen molar-refractivity contribution in [3.05, 3.63) is 51.2 Å². The molecule has 2 nitrogen and oxygen atoms in total. The molecule has 90 valence electrons. The van der Waals surface area contributed by atoms with Crippen LogP contribution in [0.3, 0.4) is 0 Å². The van der Waals surface area contributed by atoms with Crippen molar-refractivity contribution >= 4 is 11.3 Å². The Bertz CT molecular complexity index is 471. The molecule has 0 aliphatic carbocycles. The molecule has 0 unspecified atom stereocenters.